The third kappa shape index (κ3) is 12.3. The fourth-order valence-corrected chi connectivity index (χ4v) is 7.95. The van der Waals surface area contributed by atoms with Crippen molar-refractivity contribution in [3.63, 3.8) is 0 Å². The van der Waals surface area contributed by atoms with E-state index in [1.165, 1.54) is 17.8 Å². The van der Waals surface area contributed by atoms with E-state index in [1.807, 2.05) is 47.5 Å². The van der Waals surface area contributed by atoms with Crippen LogP contribution in [0.5, 0.6) is 0 Å². The highest BCUT2D eigenvalue weighted by Crippen LogP contribution is 2.41. The standard InChI is InChI=1S/C38H51F2N3O5SSi/c1-50(2,3)22-20-48-38(47)41-18-10-19-43(35(44)27-49-21-17-36(45)46)37(29-13-8-5-9-14-29)34-23-30(32-24-31(39)15-16-33(32)40)26-42(34)25-28-11-6-4-7-12-28/h4,6-7,11-12,15-16,23-24,26,29,37H,5,8-10,13-14,17-22,25,27H2,1-3H3,(H,41,47)(H,45,46)/t37-/m1/s1. The summed E-state index contributed by atoms with van der Waals surface area (Å²) in [6.07, 6.45) is 6.75. The Morgan fingerprint density at radius 2 is 1.80 bits per heavy atom. The van der Waals surface area contributed by atoms with Crippen LogP contribution >= 0.6 is 11.8 Å². The van der Waals surface area contributed by atoms with Crippen LogP contribution in [0.4, 0.5) is 13.6 Å². The highest BCUT2D eigenvalue weighted by molar-refractivity contribution is 7.99. The average Bonchev–Trinajstić information content (AvgIpc) is 3.48. The predicted octanol–water partition coefficient (Wildman–Crippen LogP) is 8.59. The van der Waals surface area contributed by atoms with Crippen LogP contribution in [0.25, 0.3) is 11.1 Å². The molecule has 1 saturated carbocycles. The Morgan fingerprint density at radius 3 is 2.50 bits per heavy atom. The number of carbonyl (C=O) groups is 3. The number of nitrogens with one attached hydrogen (secondary N) is 1. The first-order valence-corrected chi connectivity index (χ1v) is 22.5. The number of aliphatic carboxylic acids is 1. The van der Waals surface area contributed by atoms with Crippen molar-refractivity contribution in [2.45, 2.75) is 83.2 Å². The number of ether oxygens (including phenoxy) is 1. The van der Waals surface area contributed by atoms with Crippen LogP contribution in [0.15, 0.2) is 60.8 Å². The summed E-state index contributed by atoms with van der Waals surface area (Å²) < 4.78 is 37.0. The molecule has 0 aliphatic heterocycles. The van der Waals surface area contributed by atoms with Crippen LogP contribution in [-0.4, -0.2) is 71.8 Å². The molecule has 2 amide bonds. The van der Waals surface area contributed by atoms with E-state index in [4.69, 9.17) is 9.84 Å². The Kier molecular flexibility index (Phi) is 15.0. The third-order valence-corrected chi connectivity index (χ3v) is 11.7. The molecule has 3 aromatic rings. The second-order valence-electron chi connectivity index (χ2n) is 14.2. The predicted molar refractivity (Wildman–Crippen MR) is 198 cm³/mol. The summed E-state index contributed by atoms with van der Waals surface area (Å²) in [7, 11) is -1.35. The van der Waals surface area contributed by atoms with Gasteiger partial charge in [0.05, 0.1) is 24.8 Å². The van der Waals surface area contributed by atoms with Crippen molar-refractivity contribution in [2.75, 3.05) is 31.2 Å². The molecule has 4 rings (SSSR count). The van der Waals surface area contributed by atoms with Gasteiger partial charge in [-0.2, -0.15) is 11.8 Å². The number of thioether (sulfide) groups is 1. The van der Waals surface area contributed by atoms with Crippen molar-refractivity contribution >= 4 is 37.8 Å². The Hall–Kier alpha value is -3.64. The summed E-state index contributed by atoms with van der Waals surface area (Å²) in [6, 6.07) is 15.7. The minimum atomic E-state index is -1.35. The van der Waals surface area contributed by atoms with E-state index in [0.29, 0.717) is 44.0 Å². The Bertz CT molecular complexity index is 1560. The van der Waals surface area contributed by atoms with Crippen LogP contribution in [0, 0.1) is 17.6 Å². The maximum atomic E-state index is 15.2. The number of hydrogen-bond acceptors (Lipinski definition) is 5. The molecule has 1 aliphatic carbocycles. The number of benzene rings is 2. The van der Waals surface area contributed by atoms with Crippen LogP contribution in [0.3, 0.4) is 0 Å². The second-order valence-corrected chi connectivity index (χ2v) is 21.0. The van der Waals surface area contributed by atoms with Crippen LogP contribution in [-0.2, 0) is 20.9 Å². The SMILES string of the molecule is C[Si](C)(C)CCOC(=O)NCCCN(C(=O)CSCCC(=O)O)[C@@H](c1cc(-c2cc(F)ccc2F)cn1Cc1ccccc1)C1CCCCC1. The Morgan fingerprint density at radius 1 is 1.06 bits per heavy atom. The fraction of sp³-hybridized carbons (Fsp3) is 0.500. The Balaban J connectivity index is 1.68. The number of amides is 2. The van der Waals surface area contributed by atoms with Crippen molar-refractivity contribution in [1.82, 2.24) is 14.8 Å². The van der Waals surface area contributed by atoms with Crippen molar-refractivity contribution in [3.8, 4) is 11.1 Å². The number of carboxylic acid groups (broad SMARTS) is 1. The van der Waals surface area contributed by atoms with Gasteiger partial charge in [0.25, 0.3) is 0 Å². The van der Waals surface area contributed by atoms with Crippen LogP contribution in [0.2, 0.25) is 25.7 Å². The van der Waals surface area contributed by atoms with E-state index in [-0.39, 0.29) is 35.6 Å². The number of nitrogens with zero attached hydrogens (tertiary/aromatic N) is 2. The highest BCUT2D eigenvalue weighted by atomic mass is 32.2. The monoisotopic (exact) mass is 727 g/mol. The molecule has 1 fully saturated rings. The largest absolute Gasteiger partial charge is 0.481 e. The first-order valence-electron chi connectivity index (χ1n) is 17.6. The normalized spacial score (nSPS) is 14.3. The molecular weight excluding hydrogens is 677 g/mol. The summed E-state index contributed by atoms with van der Waals surface area (Å²) in [5.41, 5.74) is 2.54. The first-order chi connectivity index (χ1) is 23.9. The molecule has 1 aromatic heterocycles. The average molecular weight is 728 g/mol. The van der Waals surface area contributed by atoms with Gasteiger partial charge in [-0.05, 0) is 61.1 Å². The van der Waals surface area contributed by atoms with Crippen molar-refractivity contribution < 1.29 is 33.0 Å². The maximum Gasteiger partial charge on any atom is 0.407 e. The number of hydrogen-bond donors (Lipinski definition) is 2. The van der Waals surface area contributed by atoms with E-state index in [9.17, 15) is 18.8 Å². The van der Waals surface area contributed by atoms with Gasteiger partial charge in [0, 0.05) is 56.5 Å². The lowest BCUT2D eigenvalue weighted by molar-refractivity contribution is -0.136. The van der Waals surface area contributed by atoms with Crippen LogP contribution < -0.4 is 5.32 Å². The van der Waals surface area contributed by atoms with E-state index >= 15 is 4.39 Å². The lowest BCUT2D eigenvalue weighted by Crippen LogP contribution is -2.42. The molecule has 8 nitrogen and oxygen atoms in total. The zero-order valence-electron chi connectivity index (χ0n) is 29.5. The quantitative estimate of drug-likeness (QED) is 0.101. The molecule has 12 heteroatoms. The number of rotatable bonds is 18. The summed E-state index contributed by atoms with van der Waals surface area (Å²) in [5, 5.41) is 12.0. The fourth-order valence-electron chi connectivity index (χ4n) is 6.43. The van der Waals surface area contributed by atoms with Gasteiger partial charge in [0.1, 0.15) is 11.6 Å². The second kappa shape index (κ2) is 19.1. The van der Waals surface area contributed by atoms with Crippen LogP contribution in [0.1, 0.15) is 62.2 Å². The van der Waals surface area contributed by atoms with E-state index in [1.54, 1.807) is 0 Å². The molecule has 272 valence electrons. The minimum absolute atomic E-state index is 0.0454. The zero-order valence-corrected chi connectivity index (χ0v) is 31.3. The topological polar surface area (TPSA) is 101 Å². The highest BCUT2D eigenvalue weighted by Gasteiger charge is 2.35. The molecule has 50 heavy (non-hydrogen) atoms. The van der Waals surface area contributed by atoms with E-state index in [2.05, 4.69) is 29.5 Å². The van der Waals surface area contributed by atoms with Gasteiger partial charge in [0.15, 0.2) is 0 Å². The summed E-state index contributed by atoms with van der Waals surface area (Å²) in [6.45, 7) is 8.15. The number of alkyl carbamates (subject to hydrolysis) is 1. The molecule has 0 saturated heterocycles. The number of carboxylic acids is 1. The summed E-state index contributed by atoms with van der Waals surface area (Å²) >= 11 is 1.29. The summed E-state index contributed by atoms with van der Waals surface area (Å²) in [5.74, 6) is -1.58. The molecule has 0 spiro atoms. The van der Waals surface area contributed by atoms with Gasteiger partial charge in [-0.1, -0.05) is 69.2 Å². The van der Waals surface area contributed by atoms with E-state index in [0.717, 1.165) is 61.5 Å². The zero-order chi connectivity index (χ0) is 36.1. The van der Waals surface area contributed by atoms with Gasteiger partial charge in [-0.15, -0.1) is 0 Å². The lowest BCUT2D eigenvalue weighted by Gasteiger charge is -2.40. The minimum Gasteiger partial charge on any atom is -0.481 e. The molecule has 0 unspecified atom stereocenters. The van der Waals surface area contributed by atoms with Crippen molar-refractivity contribution in [1.29, 1.82) is 0 Å². The molecule has 1 atom stereocenters. The van der Waals surface area contributed by atoms with Crippen molar-refractivity contribution in [2.24, 2.45) is 5.92 Å². The van der Waals surface area contributed by atoms with Gasteiger partial charge in [0.2, 0.25) is 5.91 Å². The van der Waals surface area contributed by atoms with Crippen molar-refractivity contribution in [3.05, 3.63) is 83.7 Å². The Labute approximate surface area is 300 Å². The van der Waals surface area contributed by atoms with Gasteiger partial charge < -0.3 is 24.6 Å². The maximum absolute atomic E-state index is 15.2. The first kappa shape index (κ1) is 39.1. The van der Waals surface area contributed by atoms with Gasteiger partial charge >= 0.3 is 12.1 Å². The molecule has 2 aromatic carbocycles. The smallest absolute Gasteiger partial charge is 0.407 e. The number of carbonyl (C=O) groups excluding carboxylic acids is 2. The van der Waals surface area contributed by atoms with Gasteiger partial charge in [-0.3, -0.25) is 9.59 Å². The third-order valence-electron chi connectivity index (χ3n) is 9.04. The van der Waals surface area contributed by atoms with E-state index < -0.39 is 31.8 Å². The lowest BCUT2D eigenvalue weighted by atomic mass is 9.81. The molecule has 0 radical (unpaired) electrons. The molecular formula is C38H51F2N3O5SSi. The molecule has 1 heterocycles. The summed E-state index contributed by atoms with van der Waals surface area (Å²) in [4.78, 5) is 39.7. The number of aromatic nitrogens is 1. The molecule has 2 N–H and O–H groups in total. The molecule has 1 aliphatic rings. The van der Waals surface area contributed by atoms with Gasteiger partial charge in [-0.25, -0.2) is 13.6 Å². The number of halogens is 2. The molecule has 0 bridgehead atoms.